The first kappa shape index (κ1) is 14.3. The van der Waals surface area contributed by atoms with Gasteiger partial charge < -0.3 is 5.11 Å². The van der Waals surface area contributed by atoms with Crippen LogP contribution in [0.25, 0.3) is 5.69 Å². The first-order valence-corrected chi connectivity index (χ1v) is 6.00. The number of nitro benzene ring substituents is 1. The van der Waals surface area contributed by atoms with Crippen molar-refractivity contribution in [2.45, 2.75) is 6.92 Å². The van der Waals surface area contributed by atoms with Crippen LogP contribution < -0.4 is 0 Å². The molecule has 1 aromatic heterocycles. The largest absolute Gasteiger partial charge is 0.476 e. The van der Waals surface area contributed by atoms with E-state index in [1.807, 2.05) is 0 Å². The molecule has 0 bridgehead atoms. The minimum atomic E-state index is -1.19. The van der Waals surface area contributed by atoms with Crippen molar-refractivity contribution in [3.05, 3.63) is 49.7 Å². The van der Waals surface area contributed by atoms with Gasteiger partial charge in [-0.05, 0) is 13.0 Å². The van der Waals surface area contributed by atoms with Gasteiger partial charge in [0, 0.05) is 17.8 Å². The second kappa shape index (κ2) is 5.10. The van der Waals surface area contributed by atoms with Crippen LogP contribution >= 0.6 is 23.2 Å². The van der Waals surface area contributed by atoms with E-state index in [4.69, 9.17) is 28.3 Å². The van der Waals surface area contributed by atoms with E-state index in [2.05, 4.69) is 5.10 Å². The number of benzene rings is 1. The normalized spacial score (nSPS) is 10.6. The average Bonchev–Trinajstić information content (AvgIpc) is 2.70. The summed E-state index contributed by atoms with van der Waals surface area (Å²) in [5.74, 6) is -1.19. The number of rotatable bonds is 3. The van der Waals surface area contributed by atoms with E-state index in [-0.39, 0.29) is 27.1 Å². The summed E-state index contributed by atoms with van der Waals surface area (Å²) in [6.45, 7) is 1.62. The third-order valence-electron chi connectivity index (χ3n) is 2.53. The molecule has 2 rings (SSSR count). The van der Waals surface area contributed by atoms with Crippen LogP contribution in [0, 0.1) is 17.0 Å². The fraction of sp³-hybridized carbons (Fsp3) is 0.0909. The molecule has 7 nitrogen and oxygen atoms in total. The Labute approximate surface area is 122 Å². The molecule has 1 N–H and O–H groups in total. The maximum atomic E-state index is 10.9. The number of carboxylic acid groups (broad SMARTS) is 1. The highest BCUT2D eigenvalue weighted by molar-refractivity contribution is 6.38. The van der Waals surface area contributed by atoms with Gasteiger partial charge in [-0.3, -0.25) is 10.1 Å². The molecule has 0 aliphatic rings. The van der Waals surface area contributed by atoms with Crippen LogP contribution in [-0.2, 0) is 0 Å². The molecule has 0 amide bonds. The van der Waals surface area contributed by atoms with Gasteiger partial charge in [0.15, 0.2) is 5.69 Å². The summed E-state index contributed by atoms with van der Waals surface area (Å²) < 4.78 is 1.23. The SMILES string of the molecule is Cc1cc(C(=O)O)nn1-c1c(Cl)cc([N+](=O)[O-])cc1Cl. The Bertz CT molecular complexity index is 703. The molecule has 0 fully saturated rings. The number of carboxylic acids is 1. The second-order valence-electron chi connectivity index (χ2n) is 3.90. The quantitative estimate of drug-likeness (QED) is 0.693. The molecule has 0 saturated carbocycles. The minimum absolute atomic E-state index is 0.00680. The monoisotopic (exact) mass is 315 g/mol. The minimum Gasteiger partial charge on any atom is -0.476 e. The number of non-ortho nitro benzene ring substituents is 1. The summed E-state index contributed by atoms with van der Waals surface area (Å²) in [5, 5.41) is 23.5. The van der Waals surface area contributed by atoms with Gasteiger partial charge in [-0.25, -0.2) is 9.48 Å². The molecule has 0 radical (unpaired) electrons. The zero-order chi connectivity index (χ0) is 15.0. The van der Waals surface area contributed by atoms with Crippen LogP contribution in [0.1, 0.15) is 16.2 Å². The average molecular weight is 316 g/mol. The van der Waals surface area contributed by atoms with Crippen molar-refractivity contribution in [3.63, 3.8) is 0 Å². The van der Waals surface area contributed by atoms with Gasteiger partial charge in [0.2, 0.25) is 0 Å². The number of nitrogens with zero attached hydrogens (tertiary/aromatic N) is 3. The summed E-state index contributed by atoms with van der Waals surface area (Å²) in [6, 6.07) is 3.60. The van der Waals surface area contributed by atoms with Crippen LogP contribution in [0.2, 0.25) is 10.0 Å². The van der Waals surface area contributed by atoms with Gasteiger partial charge in [-0.2, -0.15) is 5.10 Å². The fourth-order valence-electron chi connectivity index (χ4n) is 1.67. The molecular weight excluding hydrogens is 309 g/mol. The Morgan fingerprint density at radius 1 is 1.35 bits per heavy atom. The van der Waals surface area contributed by atoms with E-state index in [1.165, 1.54) is 10.7 Å². The first-order chi connectivity index (χ1) is 9.31. The molecule has 0 unspecified atom stereocenters. The number of hydrogen-bond donors (Lipinski definition) is 1. The molecule has 0 aliphatic carbocycles. The van der Waals surface area contributed by atoms with Crippen LogP contribution in [-0.4, -0.2) is 25.8 Å². The van der Waals surface area contributed by atoms with E-state index >= 15 is 0 Å². The van der Waals surface area contributed by atoms with Gasteiger partial charge in [0.1, 0.15) is 5.69 Å². The molecule has 0 aliphatic heterocycles. The molecule has 0 spiro atoms. The number of aromatic carboxylic acids is 1. The molecule has 0 saturated heterocycles. The lowest BCUT2D eigenvalue weighted by atomic mass is 10.2. The van der Waals surface area contributed by atoms with Crippen molar-refractivity contribution < 1.29 is 14.8 Å². The van der Waals surface area contributed by atoms with E-state index < -0.39 is 10.9 Å². The third kappa shape index (κ3) is 2.45. The number of aromatic nitrogens is 2. The van der Waals surface area contributed by atoms with Crippen LogP contribution in [0.4, 0.5) is 5.69 Å². The highest BCUT2D eigenvalue weighted by Crippen LogP contribution is 2.33. The van der Waals surface area contributed by atoms with Gasteiger partial charge in [-0.1, -0.05) is 23.2 Å². The van der Waals surface area contributed by atoms with Crippen molar-refractivity contribution in [1.29, 1.82) is 0 Å². The summed E-state index contributed by atoms with van der Waals surface area (Å²) in [7, 11) is 0. The maximum Gasteiger partial charge on any atom is 0.356 e. The molecule has 9 heteroatoms. The summed E-state index contributed by atoms with van der Waals surface area (Å²) >= 11 is 12.0. The lowest BCUT2D eigenvalue weighted by Gasteiger charge is -2.08. The van der Waals surface area contributed by atoms with Crippen molar-refractivity contribution in [2.24, 2.45) is 0 Å². The Morgan fingerprint density at radius 3 is 2.30 bits per heavy atom. The lowest BCUT2D eigenvalue weighted by Crippen LogP contribution is -2.04. The van der Waals surface area contributed by atoms with Crippen LogP contribution in [0.5, 0.6) is 0 Å². The highest BCUT2D eigenvalue weighted by atomic mass is 35.5. The number of aryl methyl sites for hydroxylation is 1. The van der Waals surface area contributed by atoms with Crippen molar-refractivity contribution in [2.75, 3.05) is 0 Å². The topological polar surface area (TPSA) is 98.3 Å². The Kier molecular flexibility index (Phi) is 3.65. The van der Waals surface area contributed by atoms with Crippen LogP contribution in [0.3, 0.4) is 0 Å². The summed E-state index contributed by atoms with van der Waals surface area (Å²) in [5.41, 5.74) is 0.254. The summed E-state index contributed by atoms with van der Waals surface area (Å²) in [4.78, 5) is 21.0. The molecule has 2 aromatic rings. The molecule has 1 heterocycles. The Balaban J connectivity index is 2.64. The molecule has 0 atom stereocenters. The molecular formula is C11H7Cl2N3O4. The number of nitro groups is 1. The van der Waals surface area contributed by atoms with Gasteiger partial charge >= 0.3 is 5.97 Å². The van der Waals surface area contributed by atoms with Gasteiger partial charge in [0.05, 0.1) is 15.0 Å². The van der Waals surface area contributed by atoms with E-state index in [9.17, 15) is 14.9 Å². The van der Waals surface area contributed by atoms with Crippen molar-refractivity contribution >= 4 is 34.9 Å². The zero-order valence-corrected chi connectivity index (χ0v) is 11.5. The molecule has 104 valence electrons. The van der Waals surface area contributed by atoms with E-state index in [1.54, 1.807) is 6.92 Å². The predicted molar refractivity (Wildman–Crippen MR) is 71.9 cm³/mol. The third-order valence-corrected chi connectivity index (χ3v) is 3.11. The second-order valence-corrected chi connectivity index (χ2v) is 4.72. The van der Waals surface area contributed by atoms with E-state index in [0.717, 1.165) is 12.1 Å². The maximum absolute atomic E-state index is 10.9. The van der Waals surface area contributed by atoms with Crippen molar-refractivity contribution in [3.8, 4) is 5.69 Å². The highest BCUT2D eigenvalue weighted by Gasteiger charge is 2.19. The van der Waals surface area contributed by atoms with E-state index in [0.29, 0.717) is 5.69 Å². The fourth-order valence-corrected chi connectivity index (χ4v) is 2.30. The number of halogens is 2. The Morgan fingerprint density at radius 2 is 1.90 bits per heavy atom. The zero-order valence-electron chi connectivity index (χ0n) is 10.0. The molecule has 20 heavy (non-hydrogen) atoms. The smallest absolute Gasteiger partial charge is 0.356 e. The van der Waals surface area contributed by atoms with Crippen LogP contribution in [0.15, 0.2) is 18.2 Å². The number of hydrogen-bond acceptors (Lipinski definition) is 4. The molecule has 1 aromatic carbocycles. The lowest BCUT2D eigenvalue weighted by molar-refractivity contribution is -0.384. The predicted octanol–water partition coefficient (Wildman–Crippen LogP) is 3.09. The van der Waals surface area contributed by atoms with Gasteiger partial charge in [-0.15, -0.1) is 0 Å². The summed E-state index contributed by atoms with van der Waals surface area (Å²) in [6.07, 6.45) is 0. The standard InChI is InChI=1S/C11H7Cl2N3O4/c1-5-2-9(11(17)18)14-15(5)10-7(12)3-6(16(19)20)4-8(10)13/h2-4H,1H3,(H,17,18). The number of carbonyl (C=O) groups is 1. The van der Waals surface area contributed by atoms with Crippen molar-refractivity contribution in [1.82, 2.24) is 9.78 Å². The van der Waals surface area contributed by atoms with Gasteiger partial charge in [0.25, 0.3) is 5.69 Å². The Hall–Kier alpha value is -2.12. The first-order valence-electron chi connectivity index (χ1n) is 5.25.